The van der Waals surface area contributed by atoms with Gasteiger partial charge in [-0.3, -0.25) is 9.78 Å². The van der Waals surface area contributed by atoms with Gasteiger partial charge < -0.3 is 18.9 Å². The van der Waals surface area contributed by atoms with Crippen LogP contribution < -0.4 is 9.47 Å². The van der Waals surface area contributed by atoms with E-state index in [4.69, 9.17) is 38.5 Å². The number of ether oxygens (including phenoxy) is 4. The van der Waals surface area contributed by atoms with Crippen LogP contribution in [0.3, 0.4) is 0 Å². The lowest BCUT2D eigenvalue weighted by Gasteiger charge is -2.15. The Morgan fingerprint density at radius 1 is 0.647 bits per heavy atom. The SMILES string of the molecule is CCOCCOCC(OOC(=O)c1ccc(OCC)cc1)OOC(=O)c1ccc(OCC)cc1. The predicted octanol–water partition coefficient (Wildman–Crippen LogP) is 3.74. The minimum absolute atomic E-state index is 0.194. The Labute approximate surface area is 198 Å². The van der Waals surface area contributed by atoms with Crippen molar-refractivity contribution in [2.75, 3.05) is 39.6 Å². The molecule has 0 atom stereocenters. The van der Waals surface area contributed by atoms with Crippen LogP contribution in [0.2, 0.25) is 0 Å². The highest BCUT2D eigenvalue weighted by Crippen LogP contribution is 2.15. The molecule has 0 heterocycles. The van der Waals surface area contributed by atoms with Gasteiger partial charge in [-0.05, 0) is 69.3 Å². The van der Waals surface area contributed by atoms with E-state index >= 15 is 0 Å². The van der Waals surface area contributed by atoms with Crippen LogP contribution in [-0.2, 0) is 29.0 Å². The van der Waals surface area contributed by atoms with E-state index in [0.29, 0.717) is 37.9 Å². The molecule has 186 valence electrons. The molecular formula is C24H30O10. The van der Waals surface area contributed by atoms with Crippen LogP contribution in [0.4, 0.5) is 0 Å². The maximum Gasteiger partial charge on any atom is 0.373 e. The lowest BCUT2D eigenvalue weighted by molar-refractivity contribution is -0.427. The summed E-state index contributed by atoms with van der Waals surface area (Å²) in [6.07, 6.45) is -1.33. The van der Waals surface area contributed by atoms with Crippen LogP contribution in [0.15, 0.2) is 48.5 Å². The Hall–Kier alpha value is -3.18. The first-order chi connectivity index (χ1) is 16.6. The number of hydrogen-bond donors (Lipinski definition) is 0. The van der Waals surface area contributed by atoms with Crippen molar-refractivity contribution in [1.82, 2.24) is 0 Å². The molecule has 0 fully saturated rings. The highest BCUT2D eigenvalue weighted by Gasteiger charge is 2.20. The van der Waals surface area contributed by atoms with Crippen molar-refractivity contribution in [2.24, 2.45) is 0 Å². The molecule has 2 rings (SSSR count). The van der Waals surface area contributed by atoms with Gasteiger partial charge in [-0.1, -0.05) is 0 Å². The van der Waals surface area contributed by atoms with E-state index in [1.54, 1.807) is 24.3 Å². The molecule has 0 aliphatic heterocycles. The highest BCUT2D eigenvalue weighted by molar-refractivity contribution is 5.89. The normalized spacial score (nSPS) is 10.7. The Morgan fingerprint density at radius 2 is 1.09 bits per heavy atom. The fraction of sp³-hybridized carbons (Fsp3) is 0.417. The van der Waals surface area contributed by atoms with E-state index in [1.807, 2.05) is 20.8 Å². The van der Waals surface area contributed by atoms with Crippen LogP contribution in [-0.4, -0.2) is 57.9 Å². The molecule has 0 spiro atoms. The Kier molecular flexibility index (Phi) is 12.4. The number of carbonyl (C=O) groups is 2. The summed E-state index contributed by atoms with van der Waals surface area (Å²) < 4.78 is 21.2. The topological polar surface area (TPSA) is 108 Å². The largest absolute Gasteiger partial charge is 0.494 e. The minimum atomic E-state index is -1.33. The van der Waals surface area contributed by atoms with E-state index < -0.39 is 18.2 Å². The van der Waals surface area contributed by atoms with E-state index in [9.17, 15) is 9.59 Å². The van der Waals surface area contributed by atoms with Crippen molar-refractivity contribution in [3.8, 4) is 11.5 Å². The van der Waals surface area contributed by atoms with Crippen molar-refractivity contribution >= 4 is 11.9 Å². The fourth-order valence-electron chi connectivity index (χ4n) is 2.51. The van der Waals surface area contributed by atoms with Gasteiger partial charge in [0.1, 0.15) is 18.1 Å². The molecule has 10 heteroatoms. The molecule has 0 saturated heterocycles. The van der Waals surface area contributed by atoms with E-state index in [2.05, 4.69) is 0 Å². The number of carbonyl (C=O) groups excluding carboxylic acids is 2. The van der Waals surface area contributed by atoms with Crippen molar-refractivity contribution in [3.05, 3.63) is 59.7 Å². The van der Waals surface area contributed by atoms with Crippen LogP contribution in [0.25, 0.3) is 0 Å². The third kappa shape index (κ3) is 9.75. The molecule has 0 aromatic heterocycles. The molecule has 0 amide bonds. The molecule has 2 aromatic carbocycles. The molecule has 0 aliphatic carbocycles. The Morgan fingerprint density at radius 3 is 1.50 bits per heavy atom. The second-order valence-electron chi connectivity index (χ2n) is 6.55. The average Bonchev–Trinajstić information content (AvgIpc) is 2.86. The van der Waals surface area contributed by atoms with Gasteiger partial charge in [0.25, 0.3) is 6.29 Å². The summed E-state index contributed by atoms with van der Waals surface area (Å²) in [7, 11) is 0. The molecule has 0 unspecified atom stereocenters. The second kappa shape index (κ2) is 15.6. The van der Waals surface area contributed by atoms with Crippen molar-refractivity contribution in [2.45, 2.75) is 27.1 Å². The third-order valence-corrected chi connectivity index (χ3v) is 4.09. The molecule has 0 bridgehead atoms. The third-order valence-electron chi connectivity index (χ3n) is 4.09. The molecule has 0 N–H and O–H groups in total. The van der Waals surface area contributed by atoms with Gasteiger partial charge in [-0.15, -0.1) is 9.78 Å². The van der Waals surface area contributed by atoms with Crippen LogP contribution in [0.5, 0.6) is 11.5 Å². The molecule has 10 nitrogen and oxygen atoms in total. The summed E-state index contributed by atoms with van der Waals surface area (Å²) in [4.78, 5) is 44.2. The lowest BCUT2D eigenvalue weighted by atomic mass is 10.2. The lowest BCUT2D eigenvalue weighted by Crippen LogP contribution is -2.27. The van der Waals surface area contributed by atoms with Crippen molar-refractivity contribution in [3.63, 3.8) is 0 Å². The van der Waals surface area contributed by atoms with Gasteiger partial charge >= 0.3 is 11.9 Å². The first-order valence-corrected chi connectivity index (χ1v) is 10.9. The van der Waals surface area contributed by atoms with E-state index in [-0.39, 0.29) is 24.3 Å². The first kappa shape index (κ1) is 27.1. The fourth-order valence-corrected chi connectivity index (χ4v) is 2.51. The van der Waals surface area contributed by atoms with Gasteiger partial charge in [0.15, 0.2) is 0 Å². The van der Waals surface area contributed by atoms with Gasteiger partial charge in [0.05, 0.1) is 37.6 Å². The number of rotatable bonds is 16. The zero-order valence-electron chi connectivity index (χ0n) is 19.5. The summed E-state index contributed by atoms with van der Waals surface area (Å²) >= 11 is 0. The van der Waals surface area contributed by atoms with Crippen molar-refractivity contribution in [1.29, 1.82) is 0 Å². The standard InChI is InChI=1S/C24H30O10/c1-4-27-15-16-28-17-22(31-33-23(25)18-7-11-20(12-8-18)29-5-2)32-34-24(26)19-9-13-21(14-10-19)30-6-3/h7-14,22H,4-6,15-17H2,1-3H3. The summed E-state index contributed by atoms with van der Waals surface area (Å²) in [5.41, 5.74) is 0.455. The first-order valence-electron chi connectivity index (χ1n) is 10.9. The summed E-state index contributed by atoms with van der Waals surface area (Å²) in [6.45, 7) is 7.51. The van der Waals surface area contributed by atoms with Gasteiger partial charge in [0.2, 0.25) is 0 Å². The van der Waals surface area contributed by atoms with Crippen molar-refractivity contribution < 1.29 is 48.1 Å². The minimum Gasteiger partial charge on any atom is -0.494 e. The Bertz CT molecular complexity index is 786. The maximum atomic E-state index is 12.3. The molecule has 0 aliphatic rings. The number of benzene rings is 2. The quantitative estimate of drug-likeness (QED) is 0.153. The van der Waals surface area contributed by atoms with Gasteiger partial charge in [-0.2, -0.15) is 0 Å². The van der Waals surface area contributed by atoms with Crippen LogP contribution >= 0.6 is 0 Å². The molecule has 34 heavy (non-hydrogen) atoms. The maximum absolute atomic E-state index is 12.3. The van der Waals surface area contributed by atoms with Gasteiger partial charge in [-0.25, -0.2) is 9.59 Å². The van der Waals surface area contributed by atoms with Crippen LogP contribution in [0, 0.1) is 0 Å². The summed E-state index contributed by atoms with van der Waals surface area (Å²) in [6, 6.07) is 12.6. The zero-order chi connectivity index (χ0) is 24.6. The monoisotopic (exact) mass is 478 g/mol. The van der Waals surface area contributed by atoms with Crippen LogP contribution in [0.1, 0.15) is 41.5 Å². The average molecular weight is 478 g/mol. The summed E-state index contributed by atoms with van der Waals surface area (Å²) in [5, 5.41) is 0. The highest BCUT2D eigenvalue weighted by atomic mass is 17.3. The smallest absolute Gasteiger partial charge is 0.373 e. The Balaban J connectivity index is 1.89. The second-order valence-corrected chi connectivity index (χ2v) is 6.55. The van der Waals surface area contributed by atoms with Gasteiger partial charge in [0, 0.05) is 6.61 Å². The zero-order valence-corrected chi connectivity index (χ0v) is 19.5. The predicted molar refractivity (Wildman–Crippen MR) is 119 cm³/mol. The molecule has 2 aromatic rings. The van der Waals surface area contributed by atoms with E-state index in [0.717, 1.165) is 0 Å². The number of hydrogen-bond acceptors (Lipinski definition) is 10. The summed E-state index contributed by atoms with van der Waals surface area (Å²) in [5.74, 6) is -0.317. The molecular weight excluding hydrogens is 448 g/mol. The molecule has 0 saturated carbocycles. The molecule has 0 radical (unpaired) electrons. The van der Waals surface area contributed by atoms with E-state index in [1.165, 1.54) is 24.3 Å².